The molecule has 1 fully saturated rings. The van der Waals surface area contributed by atoms with Gasteiger partial charge in [0.1, 0.15) is 0 Å². The number of carbonyl (C=O) groups excluding carboxylic acids is 1. The zero-order valence-corrected chi connectivity index (χ0v) is 17.4. The van der Waals surface area contributed by atoms with E-state index in [0.717, 1.165) is 0 Å². The highest BCUT2D eigenvalue weighted by atomic mass is 32.2. The van der Waals surface area contributed by atoms with Gasteiger partial charge in [0, 0.05) is 31.6 Å². The molecular weight excluding hydrogens is 390 g/mol. The Balaban J connectivity index is 1.94. The third-order valence-corrected chi connectivity index (χ3v) is 7.32. The molecule has 0 bridgehead atoms. The number of hydrogen-bond acceptors (Lipinski definition) is 5. The average molecular weight is 418 g/mol. The van der Waals surface area contributed by atoms with E-state index in [1.165, 1.54) is 22.7 Å². The predicted octanol–water partition coefficient (Wildman–Crippen LogP) is 0.661. The van der Waals surface area contributed by atoms with Crippen LogP contribution in [0, 0.1) is 5.92 Å². The lowest BCUT2D eigenvalue weighted by Gasteiger charge is -2.29. The van der Waals surface area contributed by atoms with Crippen molar-refractivity contribution in [3.63, 3.8) is 0 Å². The molecule has 1 heterocycles. The monoisotopic (exact) mass is 417 g/mol. The van der Waals surface area contributed by atoms with Gasteiger partial charge in [0.05, 0.1) is 11.2 Å². The average Bonchev–Trinajstić information content (AvgIpc) is 2.58. The standard InChI is InChI=1S/C17H27N3O5S2/c1-13(2)19-27(24,25)16-6-4-5-14(11-16)12-18-17(21)15-7-9-20(10-8-15)26(3,22)23/h4-6,11,13,15,19H,7-10,12H2,1-3H3,(H,18,21). The third-order valence-electron chi connectivity index (χ3n) is 4.36. The Labute approximate surface area is 161 Å². The molecule has 1 aromatic carbocycles. The number of rotatable bonds is 7. The van der Waals surface area contributed by atoms with Crippen LogP contribution in [0.5, 0.6) is 0 Å². The van der Waals surface area contributed by atoms with Gasteiger partial charge in [-0.1, -0.05) is 12.1 Å². The molecule has 0 radical (unpaired) electrons. The zero-order chi connectivity index (χ0) is 20.2. The first kappa shape index (κ1) is 21.8. The fourth-order valence-corrected chi connectivity index (χ4v) is 5.18. The number of sulfonamides is 2. The van der Waals surface area contributed by atoms with Crippen molar-refractivity contribution in [1.82, 2.24) is 14.3 Å². The van der Waals surface area contributed by atoms with E-state index in [1.54, 1.807) is 26.0 Å². The van der Waals surface area contributed by atoms with Crippen LogP contribution in [0.4, 0.5) is 0 Å². The topological polar surface area (TPSA) is 113 Å². The maximum absolute atomic E-state index is 12.3. The zero-order valence-electron chi connectivity index (χ0n) is 15.8. The summed E-state index contributed by atoms with van der Waals surface area (Å²) in [6.07, 6.45) is 2.12. The Hall–Kier alpha value is -1.49. The van der Waals surface area contributed by atoms with Gasteiger partial charge in [-0.2, -0.15) is 0 Å². The second-order valence-electron chi connectivity index (χ2n) is 7.08. The van der Waals surface area contributed by atoms with Gasteiger partial charge >= 0.3 is 0 Å². The summed E-state index contributed by atoms with van der Waals surface area (Å²) in [6.45, 7) is 4.39. The normalized spacial score (nSPS) is 17.2. The van der Waals surface area contributed by atoms with E-state index in [9.17, 15) is 21.6 Å². The van der Waals surface area contributed by atoms with Crippen LogP contribution in [0.2, 0.25) is 0 Å². The fourth-order valence-electron chi connectivity index (χ4n) is 2.98. The van der Waals surface area contributed by atoms with Crippen LogP contribution in [-0.4, -0.2) is 52.4 Å². The van der Waals surface area contributed by atoms with E-state index in [-0.39, 0.29) is 29.3 Å². The minimum absolute atomic E-state index is 0.142. The number of carbonyl (C=O) groups is 1. The molecule has 0 unspecified atom stereocenters. The van der Waals surface area contributed by atoms with Gasteiger partial charge in [0.2, 0.25) is 26.0 Å². The van der Waals surface area contributed by atoms with Gasteiger partial charge in [0.25, 0.3) is 0 Å². The van der Waals surface area contributed by atoms with Crippen molar-refractivity contribution < 1.29 is 21.6 Å². The first-order chi connectivity index (χ1) is 12.5. The largest absolute Gasteiger partial charge is 0.352 e. The molecule has 152 valence electrons. The fraction of sp³-hybridized carbons (Fsp3) is 0.588. The van der Waals surface area contributed by atoms with Crippen LogP contribution in [0.15, 0.2) is 29.2 Å². The minimum Gasteiger partial charge on any atom is -0.352 e. The summed E-state index contributed by atoms with van der Waals surface area (Å²) in [4.78, 5) is 12.5. The molecule has 10 heteroatoms. The van der Waals surface area contributed by atoms with Crippen LogP contribution in [-0.2, 0) is 31.4 Å². The number of nitrogens with one attached hydrogen (secondary N) is 2. The SMILES string of the molecule is CC(C)NS(=O)(=O)c1cccc(CNC(=O)C2CCN(S(C)(=O)=O)CC2)c1. The summed E-state index contributed by atoms with van der Waals surface area (Å²) in [5.41, 5.74) is 0.684. The van der Waals surface area contributed by atoms with Crippen molar-refractivity contribution in [2.75, 3.05) is 19.3 Å². The molecule has 2 N–H and O–H groups in total. The van der Waals surface area contributed by atoms with Crippen molar-refractivity contribution >= 4 is 26.0 Å². The minimum atomic E-state index is -3.59. The van der Waals surface area contributed by atoms with Crippen LogP contribution in [0.1, 0.15) is 32.3 Å². The number of piperidine rings is 1. The van der Waals surface area contributed by atoms with Crippen molar-refractivity contribution in [2.24, 2.45) is 5.92 Å². The molecule has 0 atom stereocenters. The quantitative estimate of drug-likeness (QED) is 0.677. The molecule has 2 rings (SSSR count). The van der Waals surface area contributed by atoms with Crippen molar-refractivity contribution in [2.45, 2.75) is 44.2 Å². The lowest BCUT2D eigenvalue weighted by molar-refractivity contribution is -0.126. The molecule has 0 aromatic heterocycles. The third kappa shape index (κ3) is 6.27. The number of benzene rings is 1. The molecule has 27 heavy (non-hydrogen) atoms. The number of hydrogen-bond donors (Lipinski definition) is 2. The van der Waals surface area contributed by atoms with Crippen molar-refractivity contribution in [1.29, 1.82) is 0 Å². The molecule has 1 amide bonds. The Morgan fingerprint density at radius 2 is 1.81 bits per heavy atom. The molecule has 8 nitrogen and oxygen atoms in total. The highest BCUT2D eigenvalue weighted by Crippen LogP contribution is 2.19. The van der Waals surface area contributed by atoms with Gasteiger partial charge in [-0.05, 0) is 44.4 Å². The van der Waals surface area contributed by atoms with Gasteiger partial charge in [-0.3, -0.25) is 4.79 Å². The molecule has 1 aromatic rings. The maximum Gasteiger partial charge on any atom is 0.240 e. The van der Waals surface area contributed by atoms with E-state index >= 15 is 0 Å². The second kappa shape index (κ2) is 8.68. The summed E-state index contributed by atoms with van der Waals surface area (Å²) < 4.78 is 51.4. The van der Waals surface area contributed by atoms with E-state index < -0.39 is 20.0 Å². The van der Waals surface area contributed by atoms with Crippen molar-refractivity contribution in [3.05, 3.63) is 29.8 Å². The van der Waals surface area contributed by atoms with Gasteiger partial charge < -0.3 is 5.32 Å². The summed E-state index contributed by atoms with van der Waals surface area (Å²) in [5, 5.41) is 2.82. The van der Waals surface area contributed by atoms with Crippen LogP contribution in [0.25, 0.3) is 0 Å². The Morgan fingerprint density at radius 1 is 1.19 bits per heavy atom. The Kier molecular flexibility index (Phi) is 7.01. The van der Waals surface area contributed by atoms with Gasteiger partial charge in [0.15, 0.2) is 0 Å². The lowest BCUT2D eigenvalue weighted by atomic mass is 9.97. The molecule has 0 saturated carbocycles. The Morgan fingerprint density at radius 3 is 2.37 bits per heavy atom. The Bertz CT molecular complexity index is 874. The molecule has 1 aliphatic rings. The van der Waals surface area contributed by atoms with Gasteiger partial charge in [-0.15, -0.1) is 0 Å². The van der Waals surface area contributed by atoms with Crippen LogP contribution in [0.3, 0.4) is 0 Å². The van der Waals surface area contributed by atoms with E-state index in [0.29, 0.717) is 31.5 Å². The van der Waals surface area contributed by atoms with Gasteiger partial charge in [-0.25, -0.2) is 25.9 Å². The molecule has 0 spiro atoms. The van der Waals surface area contributed by atoms with Crippen LogP contribution < -0.4 is 10.0 Å². The van der Waals surface area contributed by atoms with E-state index in [4.69, 9.17) is 0 Å². The summed E-state index contributed by atoms with van der Waals surface area (Å²) in [5.74, 6) is -0.380. The number of nitrogens with zero attached hydrogens (tertiary/aromatic N) is 1. The van der Waals surface area contributed by atoms with Crippen LogP contribution >= 0.6 is 0 Å². The highest BCUT2D eigenvalue weighted by molar-refractivity contribution is 7.89. The molecule has 1 aliphatic heterocycles. The molecular formula is C17H27N3O5S2. The lowest BCUT2D eigenvalue weighted by Crippen LogP contribution is -2.42. The molecule has 0 aliphatic carbocycles. The first-order valence-electron chi connectivity index (χ1n) is 8.83. The molecule has 1 saturated heterocycles. The highest BCUT2D eigenvalue weighted by Gasteiger charge is 2.28. The smallest absolute Gasteiger partial charge is 0.240 e. The van der Waals surface area contributed by atoms with Crippen molar-refractivity contribution in [3.8, 4) is 0 Å². The first-order valence-corrected chi connectivity index (χ1v) is 12.2. The summed E-state index contributed by atoms with van der Waals surface area (Å²) in [7, 11) is -6.81. The summed E-state index contributed by atoms with van der Waals surface area (Å²) in [6, 6.07) is 6.23. The predicted molar refractivity (Wildman–Crippen MR) is 103 cm³/mol. The number of amides is 1. The summed E-state index contributed by atoms with van der Waals surface area (Å²) >= 11 is 0. The second-order valence-corrected chi connectivity index (χ2v) is 10.8. The van der Waals surface area contributed by atoms with E-state index in [2.05, 4.69) is 10.0 Å². The van der Waals surface area contributed by atoms with E-state index in [1.807, 2.05) is 0 Å². The maximum atomic E-state index is 12.3.